The molecule has 0 bridgehead atoms. The predicted octanol–water partition coefficient (Wildman–Crippen LogP) is 5.42. The summed E-state index contributed by atoms with van der Waals surface area (Å²) >= 11 is 24.3. The molecule has 260 valence electrons. The minimum absolute atomic E-state index is 0.0119. The zero-order valence-electron chi connectivity index (χ0n) is 25.3. The quantitative estimate of drug-likeness (QED) is 0.266. The molecule has 0 amide bonds. The summed E-state index contributed by atoms with van der Waals surface area (Å²) in [6.07, 6.45) is 4.74. The van der Waals surface area contributed by atoms with Crippen LogP contribution in [0.3, 0.4) is 0 Å². The Morgan fingerprint density at radius 2 is 1.02 bits per heavy atom. The summed E-state index contributed by atoms with van der Waals surface area (Å²) in [4.78, 5) is 25.2. The van der Waals surface area contributed by atoms with Gasteiger partial charge >= 0.3 is 0 Å². The van der Waals surface area contributed by atoms with Crippen LogP contribution in [-0.4, -0.2) is 48.1 Å². The van der Waals surface area contributed by atoms with Gasteiger partial charge in [-0.2, -0.15) is 3.71 Å². The van der Waals surface area contributed by atoms with Crippen LogP contribution in [-0.2, 0) is 46.2 Å². The second-order valence-electron chi connectivity index (χ2n) is 11.2. The second-order valence-corrected chi connectivity index (χ2v) is 16.6. The predicted molar refractivity (Wildman–Crippen MR) is 183 cm³/mol. The number of sulfonamides is 2. The van der Waals surface area contributed by atoms with Crippen molar-refractivity contribution in [3.05, 3.63) is 77.0 Å². The lowest BCUT2D eigenvalue weighted by Gasteiger charge is -2.21. The lowest BCUT2D eigenvalue weighted by molar-refractivity contribution is 0.356. The van der Waals surface area contributed by atoms with Crippen molar-refractivity contribution in [2.75, 3.05) is 22.0 Å². The Hall–Kier alpha value is -3.02. The van der Waals surface area contributed by atoms with Gasteiger partial charge in [0.2, 0.25) is 20.0 Å². The molecule has 20 heteroatoms. The number of halogens is 6. The van der Waals surface area contributed by atoms with Crippen LogP contribution in [0.4, 0.5) is 20.2 Å². The molecule has 2 N–H and O–H groups in total. The largest absolute Gasteiger partial charge is 0.398 e. The van der Waals surface area contributed by atoms with Gasteiger partial charge in [0.1, 0.15) is 21.9 Å². The first-order valence-corrected chi connectivity index (χ1v) is 19.5. The van der Waals surface area contributed by atoms with Crippen molar-refractivity contribution >= 4 is 77.8 Å². The van der Waals surface area contributed by atoms with Gasteiger partial charge < -0.3 is 5.73 Å². The summed E-state index contributed by atoms with van der Waals surface area (Å²) < 4.78 is 83.2. The molecule has 0 atom stereocenters. The molecule has 4 aromatic rings. The molecular formula is C28H28Cl4F2N6O6S2. The number of hydrogen-bond acceptors (Lipinski definition) is 7. The summed E-state index contributed by atoms with van der Waals surface area (Å²) in [5.74, 6) is -1.54. The maximum atomic E-state index is 14.7. The van der Waals surface area contributed by atoms with Gasteiger partial charge in [-0.3, -0.25) is 19.0 Å². The summed E-state index contributed by atoms with van der Waals surface area (Å²) in [5, 5.41) is -0.0961. The average Bonchev–Trinajstić information content (AvgIpc) is 3.40. The van der Waals surface area contributed by atoms with Crippen LogP contribution in [0.5, 0.6) is 0 Å². The zero-order chi connectivity index (χ0) is 35.5. The van der Waals surface area contributed by atoms with Crippen LogP contribution in [0.15, 0.2) is 33.9 Å². The first-order valence-electron chi connectivity index (χ1n) is 14.3. The third kappa shape index (κ3) is 6.62. The molecule has 0 aliphatic carbocycles. The Morgan fingerprint density at radius 3 is 1.42 bits per heavy atom. The standard InChI is InChI=1S/C15H16Cl2FN3O5S2.C13H12Cl2FN3O/c1-27(23,24)21(28(2,25)26)12-7-9(11(18)8-10(12)16)13-14(17)19-5-3-4-6-20(19)15(13)22;14-8-6-9(16)7(5-10(8)17)11-12(15)18-3-1-2-4-19(18)13(11)20/h7-8H,3-6H2,1-2H3;5-6H,1-4,17H2. The van der Waals surface area contributed by atoms with Crippen molar-refractivity contribution < 1.29 is 25.6 Å². The molecule has 48 heavy (non-hydrogen) atoms. The topological polar surface area (TPSA) is 151 Å². The van der Waals surface area contributed by atoms with Crippen LogP contribution in [0.1, 0.15) is 25.7 Å². The maximum absolute atomic E-state index is 14.7. The highest BCUT2D eigenvalue weighted by atomic mass is 35.5. The van der Waals surface area contributed by atoms with E-state index in [1.54, 1.807) is 9.36 Å². The van der Waals surface area contributed by atoms with Crippen LogP contribution in [0.2, 0.25) is 20.4 Å². The van der Waals surface area contributed by atoms with E-state index in [2.05, 4.69) is 0 Å². The maximum Gasteiger partial charge on any atom is 0.276 e. The van der Waals surface area contributed by atoms with Crippen molar-refractivity contribution in [2.45, 2.75) is 51.9 Å². The number of benzene rings is 2. The molecule has 2 aliphatic rings. The molecule has 2 aromatic carbocycles. The van der Waals surface area contributed by atoms with Crippen molar-refractivity contribution in [3.8, 4) is 22.3 Å². The fourth-order valence-electron chi connectivity index (χ4n) is 5.73. The third-order valence-corrected chi connectivity index (χ3v) is 12.4. The minimum Gasteiger partial charge on any atom is -0.398 e. The zero-order valence-corrected chi connectivity index (χ0v) is 30.0. The Morgan fingerprint density at radius 1 is 0.646 bits per heavy atom. The SMILES string of the molecule is CS(=O)(=O)N(c1cc(-c2c(Cl)n3n(c2=O)CCCC3)c(F)cc1Cl)S(C)(=O)=O.Nc1cc(-c2c(Cl)n3n(c2=O)CCCC3)c(F)cc1Cl. The van der Waals surface area contributed by atoms with E-state index < -0.39 is 48.0 Å². The molecule has 0 fully saturated rings. The van der Waals surface area contributed by atoms with Crippen LogP contribution < -0.4 is 20.6 Å². The van der Waals surface area contributed by atoms with Gasteiger partial charge in [0.05, 0.1) is 45.1 Å². The molecule has 12 nitrogen and oxygen atoms in total. The Balaban J connectivity index is 0.000000198. The number of rotatable bonds is 5. The van der Waals surface area contributed by atoms with Crippen molar-refractivity contribution in [1.82, 2.24) is 18.7 Å². The van der Waals surface area contributed by atoms with E-state index in [-0.39, 0.29) is 52.5 Å². The van der Waals surface area contributed by atoms with E-state index in [0.717, 1.165) is 43.9 Å². The van der Waals surface area contributed by atoms with Crippen molar-refractivity contribution in [3.63, 3.8) is 0 Å². The Bertz CT molecular complexity index is 2270. The van der Waals surface area contributed by atoms with E-state index in [4.69, 9.17) is 52.1 Å². The number of hydrogen-bond donors (Lipinski definition) is 1. The van der Waals surface area contributed by atoms with E-state index in [1.165, 1.54) is 15.4 Å². The molecule has 0 radical (unpaired) electrons. The molecule has 0 unspecified atom stereocenters. The molecule has 0 saturated heterocycles. The van der Waals surface area contributed by atoms with Gasteiger partial charge in [-0.1, -0.05) is 46.4 Å². The summed E-state index contributed by atoms with van der Waals surface area (Å²) in [5.41, 5.74) is 4.29. The molecule has 6 rings (SSSR count). The fourth-order valence-corrected chi connectivity index (χ4v) is 9.92. The third-order valence-electron chi connectivity index (χ3n) is 7.79. The smallest absolute Gasteiger partial charge is 0.276 e. The van der Waals surface area contributed by atoms with Crippen LogP contribution in [0, 0.1) is 11.6 Å². The second kappa shape index (κ2) is 13.4. The number of nitrogen functional groups attached to an aromatic ring is 1. The molecule has 2 aliphatic heterocycles. The van der Waals surface area contributed by atoms with Crippen molar-refractivity contribution in [2.24, 2.45) is 0 Å². The number of fused-ring (bicyclic) bond motifs is 2. The number of aromatic nitrogens is 4. The minimum atomic E-state index is -4.32. The van der Waals surface area contributed by atoms with Crippen molar-refractivity contribution in [1.29, 1.82) is 0 Å². The lowest BCUT2D eigenvalue weighted by Crippen LogP contribution is -2.35. The first-order chi connectivity index (χ1) is 22.3. The summed E-state index contributed by atoms with van der Waals surface area (Å²) in [6.45, 7) is 2.11. The van der Waals surface area contributed by atoms with Crippen LogP contribution in [0.25, 0.3) is 22.3 Å². The van der Waals surface area contributed by atoms with Crippen LogP contribution >= 0.6 is 46.4 Å². The fraction of sp³-hybridized carbons (Fsp3) is 0.357. The van der Waals surface area contributed by atoms with Gasteiger partial charge in [-0.25, -0.2) is 35.0 Å². The highest BCUT2D eigenvalue weighted by Gasteiger charge is 2.32. The van der Waals surface area contributed by atoms with Gasteiger partial charge in [0.25, 0.3) is 11.1 Å². The monoisotopic (exact) mass is 786 g/mol. The Kier molecular flexibility index (Phi) is 10.1. The average molecular weight is 789 g/mol. The molecule has 0 saturated carbocycles. The molecule has 0 spiro atoms. The lowest BCUT2D eigenvalue weighted by atomic mass is 10.1. The van der Waals surface area contributed by atoms with E-state index in [1.807, 2.05) is 0 Å². The molecule has 2 aromatic heterocycles. The van der Waals surface area contributed by atoms with Gasteiger partial charge in [0.15, 0.2) is 0 Å². The van der Waals surface area contributed by atoms with E-state index >= 15 is 0 Å². The van der Waals surface area contributed by atoms with Gasteiger partial charge in [-0.15, -0.1) is 0 Å². The Labute approximate surface area is 293 Å². The summed E-state index contributed by atoms with van der Waals surface area (Å²) in [7, 11) is -8.63. The molecule has 4 heterocycles. The number of nitrogens with two attached hydrogens (primary N) is 1. The van der Waals surface area contributed by atoms with Gasteiger partial charge in [0, 0.05) is 37.3 Å². The normalized spacial score (nSPS) is 14.6. The van der Waals surface area contributed by atoms with Gasteiger partial charge in [-0.05, 0) is 49.9 Å². The highest BCUT2D eigenvalue weighted by molar-refractivity contribution is 8.09. The summed E-state index contributed by atoms with van der Waals surface area (Å²) in [6, 6.07) is 4.12. The number of anilines is 2. The molecular weight excluding hydrogens is 760 g/mol. The van der Waals surface area contributed by atoms with E-state index in [9.17, 15) is 35.2 Å². The number of nitrogens with zero attached hydrogens (tertiary/aromatic N) is 5. The van der Waals surface area contributed by atoms with E-state index in [0.29, 0.717) is 38.7 Å². The highest BCUT2D eigenvalue weighted by Crippen LogP contribution is 2.38. The first kappa shape index (κ1) is 36.3.